The second-order valence-corrected chi connectivity index (χ2v) is 31.4. The standard InChI is InChI=1S/C75H122IN25O24/c1-10-36(7)59(71(122)88-33-55(107)92-48(29-56(108)109)68(119)98-49(30-57(110)111)69(120)96-46(27-39-16-18-40(76)19-17-39)66(117)97-47(28-52(80)104)67(118)94-44(73(124)125)15-13-25-86-75(83)84)101-72(123)60(37(8)11-2)100-61(112)38(9)89-65(116)45(26-34(3)4)95-63(114)43(21-23-51(79)103)93-62(113)41(14-12-24-85-74(81)82)91-54(106)32-87-70(121)58(35(5)6)99-64(115)42(20-22-50(78)102)90-53(105)31-77/h16-19,34-38,41-49,58-60H,10-15,20-33,77H2,1-9H3,(H2,78,102)(H2,79,103)(H2,80,104)(H,87,121)(H,88,122)(H,89,116)(H,90,105)(H,91,106)(H,92,107)(H,93,113)(H,94,118)(H,95,114)(H,96,120)(H,97,117)(H,98,119)(H,99,115)(H,100,112)(H,101,123)(H,108,109)(H,110,111)(H,124,125)(H4,81,82,85)(H4,83,84,86)/t36-,37-,38-,41-,42-,43-,44-,45-,46-,47-,48-,49-,58-,59-,60-/m0/s1. The fourth-order valence-corrected chi connectivity index (χ4v) is 12.0. The molecule has 15 atom stereocenters. The Labute approximate surface area is 733 Å². The first-order valence-corrected chi connectivity index (χ1v) is 41.1. The van der Waals surface area contributed by atoms with Crippen molar-refractivity contribution in [3.8, 4) is 0 Å². The molecule has 0 saturated heterocycles. The zero-order valence-electron chi connectivity index (χ0n) is 71.1. The van der Waals surface area contributed by atoms with Crippen LogP contribution in [0.4, 0.5) is 0 Å². The summed E-state index contributed by atoms with van der Waals surface area (Å²) in [4.78, 5) is 287. The Morgan fingerprint density at radius 3 is 1.16 bits per heavy atom. The Balaban J connectivity index is 3.51. The molecule has 1 aromatic carbocycles. The fraction of sp³-hybridized carbons (Fsp3) is 0.613. The van der Waals surface area contributed by atoms with Gasteiger partial charge in [-0.05, 0) is 116 Å². The minimum Gasteiger partial charge on any atom is -0.481 e. The SMILES string of the molecule is CC[C@H](C)[C@H](NC(=O)[C@H](C)NC(=O)[C@H](CC(C)C)NC(=O)[C@H](CCC(N)=O)NC(=O)[C@H](CCCN=C(N)N)NC(=O)CNC(=O)[C@@H](NC(=O)[C@H](CCC(N)=O)NC(=O)CN)C(C)C)C(=O)N[C@H](C(=O)NCC(=O)N[C@@H](CC(=O)O)C(=O)N[C@@H](CC(=O)O)C(=O)N[C@@H](Cc1ccc(I)cc1)C(=O)N[C@@H](CC(N)=O)C(=O)N[C@@H](CCCN=C(N)N)C(=O)O)[C@@H](C)CC. The lowest BCUT2D eigenvalue weighted by molar-refractivity contribution is -0.143. The second-order valence-electron chi connectivity index (χ2n) is 30.1. The second kappa shape index (κ2) is 56.9. The Morgan fingerprint density at radius 1 is 0.376 bits per heavy atom. The summed E-state index contributed by atoms with van der Waals surface area (Å²) in [7, 11) is 0. The number of aliphatic carboxylic acids is 3. The summed E-state index contributed by atoms with van der Waals surface area (Å²) in [6.07, 6.45) is -5.46. The molecule has 50 heteroatoms. The first-order valence-electron chi connectivity index (χ1n) is 40.0. The molecule has 49 nitrogen and oxygen atoms in total. The maximum atomic E-state index is 14.4. The summed E-state index contributed by atoms with van der Waals surface area (Å²) < 4.78 is 0.719. The van der Waals surface area contributed by atoms with E-state index in [0.717, 1.165) is 3.57 Å². The zero-order chi connectivity index (χ0) is 95.2. The lowest BCUT2D eigenvalue weighted by Gasteiger charge is -2.30. The number of aliphatic imine (C=N–C) groups is 2. The van der Waals surface area contributed by atoms with Gasteiger partial charge in [0.05, 0.1) is 38.9 Å². The summed E-state index contributed by atoms with van der Waals surface area (Å²) >= 11 is 1.97. The van der Waals surface area contributed by atoms with E-state index >= 15 is 0 Å². The topological polar surface area (TPSA) is 832 Å². The fourth-order valence-electron chi connectivity index (χ4n) is 11.6. The summed E-state index contributed by atoms with van der Waals surface area (Å²) in [5.41, 5.74) is 43.5. The van der Waals surface area contributed by atoms with E-state index < -0.39 is 279 Å². The molecule has 0 aliphatic heterocycles. The van der Waals surface area contributed by atoms with E-state index in [9.17, 15) is 116 Å². The predicted octanol–water partition coefficient (Wildman–Crippen LogP) is -9.31. The van der Waals surface area contributed by atoms with Gasteiger partial charge < -0.3 is 141 Å². The highest BCUT2D eigenvalue weighted by molar-refractivity contribution is 14.1. The van der Waals surface area contributed by atoms with Crippen LogP contribution in [0.5, 0.6) is 0 Å². The molecule has 698 valence electrons. The van der Waals surface area contributed by atoms with Gasteiger partial charge in [0.25, 0.3) is 0 Å². The van der Waals surface area contributed by atoms with E-state index in [1.165, 1.54) is 19.1 Å². The van der Waals surface area contributed by atoms with Crippen LogP contribution in [0.1, 0.15) is 158 Å². The number of primary amides is 3. The number of guanidine groups is 2. The highest BCUT2D eigenvalue weighted by Gasteiger charge is 2.39. The average molecular weight is 1880 g/mol. The van der Waals surface area contributed by atoms with Crippen molar-refractivity contribution >= 4 is 159 Å². The van der Waals surface area contributed by atoms with Crippen molar-refractivity contribution in [1.82, 2.24) is 79.8 Å². The van der Waals surface area contributed by atoms with Gasteiger partial charge in [-0.1, -0.05) is 80.4 Å². The van der Waals surface area contributed by atoms with Crippen molar-refractivity contribution in [1.29, 1.82) is 0 Å². The molecular weight excluding hydrogens is 1760 g/mol. The molecule has 34 N–H and O–H groups in total. The van der Waals surface area contributed by atoms with E-state index in [0.29, 0.717) is 5.56 Å². The van der Waals surface area contributed by atoms with Crippen molar-refractivity contribution in [2.45, 2.75) is 237 Å². The van der Waals surface area contributed by atoms with Gasteiger partial charge in [-0.2, -0.15) is 0 Å². The number of nitrogens with one attached hydrogen (secondary N) is 15. The molecule has 125 heavy (non-hydrogen) atoms. The molecule has 0 fully saturated rings. The number of carboxylic acid groups (broad SMARTS) is 3. The van der Waals surface area contributed by atoms with Crippen LogP contribution >= 0.6 is 22.6 Å². The summed E-state index contributed by atoms with van der Waals surface area (Å²) in [6, 6.07) is -15.1. The quantitative estimate of drug-likeness (QED) is 0.0125. The monoisotopic (exact) mass is 1880 g/mol. The third kappa shape index (κ3) is 44.3. The Morgan fingerprint density at radius 2 is 0.728 bits per heavy atom. The van der Waals surface area contributed by atoms with E-state index in [1.807, 2.05) is 22.6 Å². The van der Waals surface area contributed by atoms with Crippen LogP contribution in [-0.2, 0) is 107 Å². The zero-order valence-corrected chi connectivity index (χ0v) is 73.2. The predicted molar refractivity (Wildman–Crippen MR) is 455 cm³/mol. The number of hydrogen-bond donors (Lipinski definition) is 26. The van der Waals surface area contributed by atoms with Crippen LogP contribution in [-0.4, -0.2) is 263 Å². The van der Waals surface area contributed by atoms with E-state index in [4.69, 9.17) is 45.9 Å². The van der Waals surface area contributed by atoms with Crippen molar-refractivity contribution in [3.05, 3.63) is 33.4 Å². The van der Waals surface area contributed by atoms with E-state index in [-0.39, 0.29) is 88.7 Å². The number of hydrogen-bond acceptors (Lipinski definition) is 24. The molecule has 0 unspecified atom stereocenters. The average Bonchev–Trinajstić information content (AvgIpc) is 0.970. The molecule has 0 aliphatic carbocycles. The maximum Gasteiger partial charge on any atom is 0.326 e. The van der Waals surface area contributed by atoms with Crippen LogP contribution in [0, 0.1) is 27.2 Å². The first-order chi connectivity index (χ1) is 58.4. The van der Waals surface area contributed by atoms with Gasteiger partial charge in [0, 0.05) is 35.9 Å². The number of amides is 18. The van der Waals surface area contributed by atoms with Gasteiger partial charge in [0.15, 0.2) is 11.9 Å². The van der Waals surface area contributed by atoms with Crippen molar-refractivity contribution in [2.75, 3.05) is 32.7 Å². The number of halogens is 1. The summed E-state index contributed by atoms with van der Waals surface area (Å²) in [6.45, 7) is 11.7. The highest BCUT2D eigenvalue weighted by atomic mass is 127. The van der Waals surface area contributed by atoms with Gasteiger partial charge in [-0.25, -0.2) is 4.79 Å². The molecule has 0 aromatic heterocycles. The molecule has 1 rings (SSSR count). The molecule has 0 spiro atoms. The van der Waals surface area contributed by atoms with E-state index in [2.05, 4.69) is 89.7 Å². The van der Waals surface area contributed by atoms with Gasteiger partial charge in [-0.3, -0.25) is 106 Å². The van der Waals surface area contributed by atoms with Crippen LogP contribution in [0.25, 0.3) is 0 Å². The normalized spacial score (nSPS) is 14.5. The highest BCUT2D eigenvalue weighted by Crippen LogP contribution is 2.17. The molecule has 0 radical (unpaired) electrons. The number of carbonyl (C=O) groups is 21. The Bertz CT molecular complexity index is 4010. The van der Waals surface area contributed by atoms with Crippen LogP contribution in [0.2, 0.25) is 0 Å². The molecule has 0 aliphatic rings. The Kier molecular flexibility index (Phi) is 50.2. The van der Waals surface area contributed by atoms with Crippen molar-refractivity contribution in [2.24, 2.45) is 79.5 Å². The smallest absolute Gasteiger partial charge is 0.326 e. The number of carbonyl (C=O) groups excluding carboxylic acids is 18. The van der Waals surface area contributed by atoms with Gasteiger partial charge in [0.2, 0.25) is 106 Å². The molecule has 0 heterocycles. The van der Waals surface area contributed by atoms with E-state index in [1.54, 1.807) is 67.5 Å². The first kappa shape index (κ1) is 110. The number of nitrogens with two attached hydrogens (primary N) is 8. The molecule has 0 saturated carbocycles. The number of carboxylic acids is 3. The lowest BCUT2D eigenvalue weighted by Crippen LogP contribution is -2.61. The molecule has 1 aromatic rings. The number of benzene rings is 1. The lowest BCUT2D eigenvalue weighted by atomic mass is 9.94. The minimum atomic E-state index is -2.17. The molecule has 18 amide bonds. The minimum absolute atomic E-state index is 0.0254. The molecular formula is C75H122IN25O24. The van der Waals surface area contributed by atoms with Crippen LogP contribution < -0.4 is 126 Å². The van der Waals surface area contributed by atoms with Gasteiger partial charge >= 0.3 is 17.9 Å². The van der Waals surface area contributed by atoms with Gasteiger partial charge in [0.1, 0.15) is 78.5 Å². The number of nitrogens with zero attached hydrogens (tertiary/aromatic N) is 2. The van der Waals surface area contributed by atoms with Crippen molar-refractivity contribution < 1.29 is 116 Å². The number of rotatable bonds is 60. The molecule has 0 bridgehead atoms. The third-order valence-corrected chi connectivity index (χ3v) is 19.5. The summed E-state index contributed by atoms with van der Waals surface area (Å²) in [5.74, 6) is -26.9. The summed E-state index contributed by atoms with van der Waals surface area (Å²) in [5, 5.41) is 65.1. The Hall–Kier alpha value is -12.7. The van der Waals surface area contributed by atoms with Crippen LogP contribution in [0.3, 0.4) is 0 Å². The third-order valence-electron chi connectivity index (χ3n) is 18.8. The van der Waals surface area contributed by atoms with Crippen molar-refractivity contribution in [3.63, 3.8) is 0 Å². The van der Waals surface area contributed by atoms with Gasteiger partial charge in [-0.15, -0.1) is 0 Å². The van der Waals surface area contributed by atoms with Crippen LogP contribution in [0.15, 0.2) is 34.3 Å². The largest absolute Gasteiger partial charge is 0.481 e. The maximum absolute atomic E-state index is 14.4.